The predicted octanol–water partition coefficient (Wildman–Crippen LogP) is 2.84. The number of nitrogens with zero attached hydrogens (tertiary/aromatic N) is 1. The molecule has 1 aliphatic heterocycles. The molecule has 88 valence electrons. The Morgan fingerprint density at radius 3 is 2.62 bits per heavy atom. The molecule has 16 heavy (non-hydrogen) atoms. The Kier molecular flexibility index (Phi) is 5.68. The largest absolute Gasteiger partial charge is 0.299 e. The van der Waals surface area contributed by atoms with Gasteiger partial charge < -0.3 is 0 Å². The minimum absolute atomic E-state index is 0.154. The molecule has 3 nitrogen and oxygen atoms in total. The van der Waals surface area contributed by atoms with E-state index in [1.54, 1.807) is 6.08 Å². The zero-order chi connectivity index (χ0) is 11.8. The van der Waals surface area contributed by atoms with E-state index in [0.29, 0.717) is 12.0 Å². The first kappa shape index (κ1) is 12.8. The van der Waals surface area contributed by atoms with Crippen LogP contribution in [0.15, 0.2) is 16.6 Å². The SMILES string of the molecule is CCCCCCCC(=O)CC1=CC=NC1=O. The zero-order valence-electron chi connectivity index (χ0n) is 9.87. The van der Waals surface area contributed by atoms with Crippen molar-refractivity contribution >= 4 is 17.9 Å². The Hall–Kier alpha value is -1.25. The highest BCUT2D eigenvalue weighted by Gasteiger charge is 2.14. The summed E-state index contributed by atoms with van der Waals surface area (Å²) in [5, 5.41) is 0. The number of aliphatic imine (C=N–C) groups is 1. The molecule has 0 N–H and O–H groups in total. The van der Waals surface area contributed by atoms with Crippen LogP contribution >= 0.6 is 0 Å². The summed E-state index contributed by atoms with van der Waals surface area (Å²) in [5.74, 6) is -0.0964. The third kappa shape index (κ3) is 4.51. The fourth-order valence-electron chi connectivity index (χ4n) is 1.71. The van der Waals surface area contributed by atoms with Crippen LogP contribution < -0.4 is 0 Å². The van der Waals surface area contributed by atoms with Gasteiger partial charge in [-0.2, -0.15) is 0 Å². The van der Waals surface area contributed by atoms with Crippen molar-refractivity contribution in [2.24, 2.45) is 4.99 Å². The summed E-state index contributed by atoms with van der Waals surface area (Å²) in [6, 6.07) is 0. The number of rotatable bonds is 8. The van der Waals surface area contributed by atoms with Crippen LogP contribution in [0, 0.1) is 0 Å². The molecule has 0 atom stereocenters. The van der Waals surface area contributed by atoms with Crippen LogP contribution in [0.5, 0.6) is 0 Å². The van der Waals surface area contributed by atoms with Crippen LogP contribution in [-0.4, -0.2) is 17.9 Å². The molecular weight excluding hydrogens is 202 g/mol. The number of Topliss-reactive ketones (excluding diaryl/α,β-unsaturated/α-hetero) is 1. The van der Waals surface area contributed by atoms with Gasteiger partial charge in [0.2, 0.25) is 0 Å². The number of amides is 1. The predicted molar refractivity (Wildman–Crippen MR) is 64.6 cm³/mol. The van der Waals surface area contributed by atoms with Crippen LogP contribution in [-0.2, 0) is 9.59 Å². The molecule has 0 fully saturated rings. The van der Waals surface area contributed by atoms with Crippen molar-refractivity contribution in [1.82, 2.24) is 0 Å². The van der Waals surface area contributed by atoms with E-state index in [9.17, 15) is 9.59 Å². The third-order valence-electron chi connectivity index (χ3n) is 2.69. The van der Waals surface area contributed by atoms with Gasteiger partial charge in [0.05, 0.1) is 0 Å². The molecule has 0 spiro atoms. The van der Waals surface area contributed by atoms with Gasteiger partial charge in [-0.3, -0.25) is 9.59 Å². The van der Waals surface area contributed by atoms with Crippen molar-refractivity contribution in [1.29, 1.82) is 0 Å². The van der Waals surface area contributed by atoms with Crippen molar-refractivity contribution < 1.29 is 9.59 Å². The maximum atomic E-state index is 11.5. The van der Waals surface area contributed by atoms with E-state index < -0.39 is 0 Å². The van der Waals surface area contributed by atoms with E-state index in [1.807, 2.05) is 0 Å². The first-order chi connectivity index (χ1) is 7.74. The monoisotopic (exact) mass is 221 g/mol. The fraction of sp³-hybridized carbons (Fsp3) is 0.615. The molecule has 0 saturated carbocycles. The van der Waals surface area contributed by atoms with E-state index >= 15 is 0 Å². The summed E-state index contributed by atoms with van der Waals surface area (Å²) < 4.78 is 0. The zero-order valence-corrected chi connectivity index (χ0v) is 9.87. The van der Waals surface area contributed by atoms with Crippen molar-refractivity contribution in [3.05, 3.63) is 11.6 Å². The van der Waals surface area contributed by atoms with Crippen LogP contribution in [0.1, 0.15) is 51.9 Å². The first-order valence-electron chi connectivity index (χ1n) is 6.03. The lowest BCUT2D eigenvalue weighted by Crippen LogP contribution is -2.04. The summed E-state index contributed by atoms with van der Waals surface area (Å²) in [4.78, 5) is 26.2. The number of carbonyl (C=O) groups is 2. The Bertz CT molecular complexity index is 316. The Labute approximate surface area is 96.6 Å². The molecule has 1 rings (SSSR count). The Morgan fingerprint density at radius 2 is 2.00 bits per heavy atom. The van der Waals surface area contributed by atoms with Gasteiger partial charge in [0.1, 0.15) is 5.78 Å². The first-order valence-corrected chi connectivity index (χ1v) is 6.03. The standard InChI is InChI=1S/C13H19NO2/c1-2-3-4-5-6-7-12(15)10-11-8-9-14-13(11)16/h8-9H,2-7,10H2,1H3. The van der Waals surface area contributed by atoms with E-state index in [4.69, 9.17) is 0 Å². The van der Waals surface area contributed by atoms with Gasteiger partial charge in [-0.15, -0.1) is 0 Å². The minimum atomic E-state index is -0.251. The van der Waals surface area contributed by atoms with Crippen LogP contribution in [0.3, 0.4) is 0 Å². The molecule has 0 radical (unpaired) electrons. The molecule has 0 aromatic carbocycles. The molecule has 1 heterocycles. The molecule has 0 aromatic heterocycles. The Balaban J connectivity index is 2.10. The smallest absolute Gasteiger partial charge is 0.273 e. The average molecular weight is 221 g/mol. The van der Waals surface area contributed by atoms with Crippen molar-refractivity contribution in [3.8, 4) is 0 Å². The molecule has 0 saturated heterocycles. The molecule has 0 aromatic rings. The summed E-state index contributed by atoms with van der Waals surface area (Å²) in [6.45, 7) is 2.17. The minimum Gasteiger partial charge on any atom is -0.299 e. The van der Waals surface area contributed by atoms with Gasteiger partial charge in [-0.25, -0.2) is 4.99 Å². The second-order valence-corrected chi connectivity index (χ2v) is 4.15. The highest BCUT2D eigenvalue weighted by atomic mass is 16.1. The number of ketones is 1. The average Bonchev–Trinajstić information content (AvgIpc) is 2.64. The molecule has 0 aliphatic carbocycles. The second kappa shape index (κ2) is 7.09. The molecule has 1 amide bonds. The van der Waals surface area contributed by atoms with Crippen LogP contribution in [0.25, 0.3) is 0 Å². The van der Waals surface area contributed by atoms with Gasteiger partial charge in [0, 0.05) is 24.6 Å². The molecule has 3 heteroatoms. The highest BCUT2D eigenvalue weighted by Crippen LogP contribution is 2.12. The van der Waals surface area contributed by atoms with Gasteiger partial charge in [-0.1, -0.05) is 32.6 Å². The molecule has 1 aliphatic rings. The number of allylic oxidation sites excluding steroid dienone is 1. The van der Waals surface area contributed by atoms with Crippen molar-refractivity contribution in [2.75, 3.05) is 0 Å². The van der Waals surface area contributed by atoms with E-state index in [0.717, 1.165) is 12.8 Å². The van der Waals surface area contributed by atoms with Gasteiger partial charge in [-0.05, 0) is 12.5 Å². The van der Waals surface area contributed by atoms with Crippen molar-refractivity contribution in [3.63, 3.8) is 0 Å². The third-order valence-corrected chi connectivity index (χ3v) is 2.69. The molecule has 0 bridgehead atoms. The summed E-state index contributed by atoms with van der Waals surface area (Å²) in [5.41, 5.74) is 0.540. The normalized spacial score (nSPS) is 14.3. The Morgan fingerprint density at radius 1 is 1.25 bits per heavy atom. The lowest BCUT2D eigenvalue weighted by Gasteiger charge is -2.00. The van der Waals surface area contributed by atoms with Gasteiger partial charge in [0.25, 0.3) is 5.91 Å². The van der Waals surface area contributed by atoms with Gasteiger partial charge >= 0.3 is 0 Å². The summed E-state index contributed by atoms with van der Waals surface area (Å²) in [6.07, 6.45) is 9.67. The number of carbonyl (C=O) groups excluding carboxylic acids is 2. The lowest BCUT2D eigenvalue weighted by atomic mass is 10.0. The lowest BCUT2D eigenvalue weighted by molar-refractivity contribution is -0.120. The van der Waals surface area contributed by atoms with E-state index in [-0.39, 0.29) is 18.1 Å². The van der Waals surface area contributed by atoms with Crippen LogP contribution in [0.2, 0.25) is 0 Å². The quantitative estimate of drug-likeness (QED) is 0.592. The van der Waals surface area contributed by atoms with Gasteiger partial charge in [0.15, 0.2) is 0 Å². The molecule has 0 unspecified atom stereocenters. The number of unbranched alkanes of at least 4 members (excludes halogenated alkanes) is 4. The molecular formula is C13H19NO2. The van der Waals surface area contributed by atoms with Crippen LogP contribution in [0.4, 0.5) is 0 Å². The number of hydrogen-bond acceptors (Lipinski definition) is 2. The number of hydrogen-bond donors (Lipinski definition) is 0. The fourth-order valence-corrected chi connectivity index (χ4v) is 1.71. The maximum absolute atomic E-state index is 11.5. The summed E-state index contributed by atoms with van der Waals surface area (Å²) in [7, 11) is 0. The highest BCUT2D eigenvalue weighted by molar-refractivity contribution is 6.10. The summed E-state index contributed by atoms with van der Waals surface area (Å²) >= 11 is 0. The maximum Gasteiger partial charge on any atom is 0.273 e. The second-order valence-electron chi connectivity index (χ2n) is 4.15. The topological polar surface area (TPSA) is 46.5 Å². The van der Waals surface area contributed by atoms with E-state index in [2.05, 4.69) is 11.9 Å². The van der Waals surface area contributed by atoms with Crippen molar-refractivity contribution in [2.45, 2.75) is 51.9 Å². The van der Waals surface area contributed by atoms with E-state index in [1.165, 1.54) is 25.5 Å².